The second-order valence-corrected chi connectivity index (χ2v) is 7.28. The Morgan fingerprint density at radius 2 is 2.00 bits per heavy atom. The molecule has 0 saturated carbocycles. The van der Waals surface area contributed by atoms with E-state index >= 15 is 0 Å². The van der Waals surface area contributed by atoms with Crippen LogP contribution in [0.25, 0.3) is 0 Å². The molecule has 0 bridgehead atoms. The van der Waals surface area contributed by atoms with Gasteiger partial charge in [0.15, 0.2) is 0 Å². The second-order valence-electron chi connectivity index (χ2n) is 3.96. The number of rotatable bonds is 5. The van der Waals surface area contributed by atoms with Crippen molar-refractivity contribution in [3.63, 3.8) is 0 Å². The zero-order valence-electron chi connectivity index (χ0n) is 10.6. The SMILES string of the molecule is COC(C)CNC(=O)c1cc(Cl)c(Cl)c(S(=O)(=O)Cl)c1. The molecule has 1 atom stereocenters. The molecule has 0 aromatic heterocycles. The van der Waals surface area contributed by atoms with Gasteiger partial charge in [0.25, 0.3) is 15.0 Å². The van der Waals surface area contributed by atoms with Crippen molar-refractivity contribution >= 4 is 48.8 Å². The van der Waals surface area contributed by atoms with E-state index in [4.69, 9.17) is 38.6 Å². The van der Waals surface area contributed by atoms with E-state index < -0.39 is 19.9 Å². The molecule has 1 N–H and O–H groups in total. The average Bonchev–Trinajstić information content (AvgIpc) is 2.36. The van der Waals surface area contributed by atoms with Crippen molar-refractivity contribution < 1.29 is 17.9 Å². The van der Waals surface area contributed by atoms with E-state index in [1.807, 2.05) is 0 Å². The topological polar surface area (TPSA) is 72.5 Å². The largest absolute Gasteiger partial charge is 0.380 e. The number of hydrogen-bond acceptors (Lipinski definition) is 4. The summed E-state index contributed by atoms with van der Waals surface area (Å²) in [5, 5.41) is 2.28. The van der Waals surface area contributed by atoms with Crippen molar-refractivity contribution in [2.24, 2.45) is 0 Å². The summed E-state index contributed by atoms with van der Waals surface area (Å²) >= 11 is 11.6. The fourth-order valence-corrected chi connectivity index (χ4v) is 3.06. The Kier molecular flexibility index (Phi) is 6.09. The molecule has 0 aliphatic carbocycles. The number of nitrogens with one attached hydrogen (secondary N) is 1. The molecular weight excluding hydrogens is 349 g/mol. The maximum Gasteiger partial charge on any atom is 0.262 e. The summed E-state index contributed by atoms with van der Waals surface area (Å²) < 4.78 is 27.7. The van der Waals surface area contributed by atoms with E-state index in [1.54, 1.807) is 6.92 Å². The van der Waals surface area contributed by atoms with Gasteiger partial charge in [0, 0.05) is 29.9 Å². The van der Waals surface area contributed by atoms with Crippen LogP contribution in [0.4, 0.5) is 0 Å². The standard InChI is InChI=1S/C11H12Cl3NO4S/c1-6(19-2)5-15-11(16)7-3-8(12)10(13)9(4-7)20(14,17)18/h3-4,6H,5H2,1-2H3,(H,15,16). The van der Waals surface area contributed by atoms with Gasteiger partial charge in [-0.3, -0.25) is 4.79 Å². The van der Waals surface area contributed by atoms with Crippen LogP contribution in [0.2, 0.25) is 10.0 Å². The molecule has 0 aliphatic rings. The van der Waals surface area contributed by atoms with Crippen LogP contribution < -0.4 is 5.32 Å². The molecule has 20 heavy (non-hydrogen) atoms. The van der Waals surface area contributed by atoms with Crippen molar-refractivity contribution in [1.29, 1.82) is 0 Å². The normalized spacial score (nSPS) is 13.1. The monoisotopic (exact) mass is 359 g/mol. The molecule has 0 aliphatic heterocycles. The van der Waals surface area contributed by atoms with Gasteiger partial charge in [0.2, 0.25) is 0 Å². The van der Waals surface area contributed by atoms with Crippen molar-refractivity contribution in [3.8, 4) is 0 Å². The van der Waals surface area contributed by atoms with Crippen molar-refractivity contribution in [3.05, 3.63) is 27.7 Å². The molecule has 0 radical (unpaired) electrons. The number of halogens is 3. The Morgan fingerprint density at radius 1 is 1.40 bits per heavy atom. The van der Waals surface area contributed by atoms with Crippen LogP contribution in [0.5, 0.6) is 0 Å². The Hall–Kier alpha value is -0.530. The Morgan fingerprint density at radius 3 is 2.50 bits per heavy atom. The number of carbonyl (C=O) groups excluding carboxylic acids is 1. The lowest BCUT2D eigenvalue weighted by Gasteiger charge is -2.12. The molecule has 0 fully saturated rings. The van der Waals surface area contributed by atoms with E-state index in [1.165, 1.54) is 13.2 Å². The highest BCUT2D eigenvalue weighted by atomic mass is 35.7. The smallest absolute Gasteiger partial charge is 0.262 e. The third-order valence-corrected chi connectivity index (χ3v) is 4.73. The van der Waals surface area contributed by atoms with Crippen LogP contribution >= 0.6 is 33.9 Å². The number of carbonyl (C=O) groups is 1. The summed E-state index contributed by atoms with van der Waals surface area (Å²) in [6.45, 7) is 2.03. The summed E-state index contributed by atoms with van der Waals surface area (Å²) in [6.07, 6.45) is -0.182. The lowest BCUT2D eigenvalue weighted by atomic mass is 10.2. The minimum absolute atomic E-state index is 0.0435. The molecule has 0 saturated heterocycles. The van der Waals surface area contributed by atoms with E-state index in [-0.39, 0.29) is 28.3 Å². The molecule has 0 heterocycles. The first kappa shape index (κ1) is 17.5. The highest BCUT2D eigenvalue weighted by molar-refractivity contribution is 8.13. The fraction of sp³-hybridized carbons (Fsp3) is 0.364. The van der Waals surface area contributed by atoms with Gasteiger partial charge in [-0.2, -0.15) is 0 Å². The van der Waals surface area contributed by atoms with Crippen LogP contribution in [0.1, 0.15) is 17.3 Å². The van der Waals surface area contributed by atoms with Crippen molar-refractivity contribution in [2.75, 3.05) is 13.7 Å². The number of hydrogen-bond donors (Lipinski definition) is 1. The first-order valence-corrected chi connectivity index (χ1v) is 8.48. The van der Waals surface area contributed by atoms with Gasteiger partial charge in [0.1, 0.15) is 4.90 Å². The molecule has 1 aromatic carbocycles. The molecule has 1 aromatic rings. The summed E-state index contributed by atoms with van der Waals surface area (Å²) in [6, 6.07) is 2.34. The van der Waals surface area contributed by atoms with E-state index in [9.17, 15) is 13.2 Å². The van der Waals surface area contributed by atoms with Crippen molar-refractivity contribution in [2.45, 2.75) is 17.9 Å². The molecule has 9 heteroatoms. The van der Waals surface area contributed by atoms with E-state index in [0.29, 0.717) is 0 Å². The summed E-state index contributed by atoms with van der Waals surface area (Å²) in [5.41, 5.74) is 0.0435. The van der Waals surface area contributed by atoms with Gasteiger partial charge in [-0.15, -0.1) is 0 Å². The quantitative estimate of drug-likeness (QED) is 0.819. The second kappa shape index (κ2) is 6.95. The highest BCUT2D eigenvalue weighted by Gasteiger charge is 2.21. The van der Waals surface area contributed by atoms with Crippen LogP contribution in [0.3, 0.4) is 0 Å². The number of ether oxygens (including phenoxy) is 1. The van der Waals surface area contributed by atoms with Crippen LogP contribution in [-0.4, -0.2) is 34.1 Å². The molecular formula is C11H12Cl3NO4S. The summed E-state index contributed by atoms with van der Waals surface area (Å²) in [4.78, 5) is 11.5. The molecule has 5 nitrogen and oxygen atoms in total. The van der Waals surface area contributed by atoms with Crippen LogP contribution in [0, 0.1) is 0 Å². The average molecular weight is 361 g/mol. The molecule has 1 unspecified atom stereocenters. The Labute approximate surface area is 131 Å². The molecule has 1 amide bonds. The predicted octanol–water partition coefficient (Wildman–Crippen LogP) is 2.69. The van der Waals surface area contributed by atoms with E-state index in [2.05, 4.69) is 5.32 Å². The number of methoxy groups -OCH3 is 1. The predicted molar refractivity (Wildman–Crippen MR) is 78.3 cm³/mol. The minimum Gasteiger partial charge on any atom is -0.380 e. The molecule has 0 spiro atoms. The highest BCUT2D eigenvalue weighted by Crippen LogP contribution is 2.32. The van der Waals surface area contributed by atoms with Crippen LogP contribution in [-0.2, 0) is 13.8 Å². The van der Waals surface area contributed by atoms with Gasteiger partial charge in [-0.25, -0.2) is 8.42 Å². The third kappa shape index (κ3) is 4.49. The Bertz CT molecular complexity index is 618. The maximum absolute atomic E-state index is 11.9. The number of benzene rings is 1. The first-order valence-electron chi connectivity index (χ1n) is 5.41. The minimum atomic E-state index is -4.10. The number of amides is 1. The van der Waals surface area contributed by atoms with E-state index in [0.717, 1.165) is 6.07 Å². The molecule has 1 rings (SSSR count). The van der Waals surface area contributed by atoms with Gasteiger partial charge < -0.3 is 10.1 Å². The van der Waals surface area contributed by atoms with Gasteiger partial charge in [-0.1, -0.05) is 23.2 Å². The van der Waals surface area contributed by atoms with Crippen molar-refractivity contribution in [1.82, 2.24) is 5.32 Å². The lowest BCUT2D eigenvalue weighted by Crippen LogP contribution is -2.31. The van der Waals surface area contributed by atoms with Gasteiger partial charge in [0.05, 0.1) is 16.1 Å². The van der Waals surface area contributed by atoms with Gasteiger partial charge >= 0.3 is 0 Å². The zero-order valence-corrected chi connectivity index (χ0v) is 13.7. The molecule has 112 valence electrons. The third-order valence-electron chi connectivity index (χ3n) is 2.47. The Balaban J connectivity index is 3.09. The lowest BCUT2D eigenvalue weighted by molar-refractivity contribution is 0.0870. The zero-order chi connectivity index (χ0) is 15.5. The first-order chi connectivity index (χ1) is 9.16. The summed E-state index contributed by atoms with van der Waals surface area (Å²) in [7, 11) is 2.65. The van der Waals surface area contributed by atoms with Crippen LogP contribution in [0.15, 0.2) is 17.0 Å². The van der Waals surface area contributed by atoms with Gasteiger partial charge in [-0.05, 0) is 19.1 Å². The fourth-order valence-electron chi connectivity index (χ4n) is 1.29. The summed E-state index contributed by atoms with van der Waals surface area (Å²) in [5.74, 6) is -0.506. The maximum atomic E-state index is 11.9.